The van der Waals surface area contributed by atoms with Crippen molar-refractivity contribution in [3.05, 3.63) is 60.4 Å². The van der Waals surface area contributed by atoms with Gasteiger partial charge in [-0.05, 0) is 29.8 Å². The summed E-state index contributed by atoms with van der Waals surface area (Å²) in [5.74, 6) is 0.935. The van der Waals surface area contributed by atoms with Gasteiger partial charge in [0.1, 0.15) is 0 Å². The highest BCUT2D eigenvalue weighted by molar-refractivity contribution is 7.99. The predicted octanol–water partition coefficient (Wildman–Crippen LogP) is 3.24. The standard InChI is InChI=1S/C18H22N2O2S/c1-22-13-12-20(15-16-7-10-19-11-8-16)18(21)9-14-23-17-5-3-2-4-6-17/h2-8,10-11H,9,12-15H2,1H3. The maximum absolute atomic E-state index is 12.5. The van der Waals surface area contributed by atoms with Gasteiger partial charge in [-0.15, -0.1) is 11.8 Å². The molecular formula is C18H22N2O2S. The molecule has 1 heterocycles. The van der Waals surface area contributed by atoms with Gasteiger partial charge < -0.3 is 9.64 Å². The number of rotatable bonds is 9. The zero-order chi connectivity index (χ0) is 16.3. The topological polar surface area (TPSA) is 42.4 Å². The van der Waals surface area contributed by atoms with E-state index in [1.165, 1.54) is 4.90 Å². The molecule has 0 aliphatic heterocycles. The fourth-order valence-electron chi connectivity index (χ4n) is 2.13. The van der Waals surface area contributed by atoms with Crippen LogP contribution < -0.4 is 0 Å². The van der Waals surface area contributed by atoms with Crippen LogP contribution in [-0.2, 0) is 16.1 Å². The molecule has 4 nitrogen and oxygen atoms in total. The van der Waals surface area contributed by atoms with Gasteiger partial charge in [0, 0.05) is 49.7 Å². The Morgan fingerprint density at radius 2 is 1.91 bits per heavy atom. The van der Waals surface area contributed by atoms with Crippen LogP contribution in [0.4, 0.5) is 0 Å². The van der Waals surface area contributed by atoms with Crippen LogP contribution in [0.15, 0.2) is 59.8 Å². The number of hydrogen-bond acceptors (Lipinski definition) is 4. The Morgan fingerprint density at radius 3 is 2.61 bits per heavy atom. The molecule has 0 spiro atoms. The fourth-order valence-corrected chi connectivity index (χ4v) is 2.99. The summed E-state index contributed by atoms with van der Waals surface area (Å²) in [6.45, 7) is 1.75. The minimum atomic E-state index is 0.155. The zero-order valence-electron chi connectivity index (χ0n) is 13.4. The number of thioether (sulfide) groups is 1. The third-order valence-electron chi connectivity index (χ3n) is 3.37. The Hall–Kier alpha value is -1.85. The molecule has 0 saturated carbocycles. The number of hydrogen-bond donors (Lipinski definition) is 0. The van der Waals surface area contributed by atoms with E-state index < -0.39 is 0 Å². The van der Waals surface area contributed by atoms with E-state index in [0.717, 1.165) is 11.3 Å². The van der Waals surface area contributed by atoms with Crippen LogP contribution in [0.1, 0.15) is 12.0 Å². The van der Waals surface area contributed by atoms with Gasteiger partial charge >= 0.3 is 0 Å². The highest BCUT2D eigenvalue weighted by Gasteiger charge is 2.13. The van der Waals surface area contributed by atoms with Crippen LogP contribution >= 0.6 is 11.8 Å². The number of nitrogens with zero attached hydrogens (tertiary/aromatic N) is 2. The Balaban J connectivity index is 1.85. The molecule has 0 aliphatic rings. The number of benzene rings is 1. The number of aromatic nitrogens is 1. The van der Waals surface area contributed by atoms with E-state index >= 15 is 0 Å². The maximum Gasteiger partial charge on any atom is 0.223 e. The van der Waals surface area contributed by atoms with Gasteiger partial charge in [0.2, 0.25) is 5.91 Å². The van der Waals surface area contributed by atoms with Crippen molar-refractivity contribution in [2.24, 2.45) is 0 Å². The predicted molar refractivity (Wildman–Crippen MR) is 93.3 cm³/mol. The van der Waals surface area contributed by atoms with Crippen molar-refractivity contribution in [1.29, 1.82) is 0 Å². The molecule has 2 rings (SSSR count). The van der Waals surface area contributed by atoms with Gasteiger partial charge in [0.05, 0.1) is 6.61 Å². The normalized spacial score (nSPS) is 10.5. The number of methoxy groups -OCH3 is 1. The van der Waals surface area contributed by atoms with E-state index in [4.69, 9.17) is 4.74 Å². The lowest BCUT2D eigenvalue weighted by Crippen LogP contribution is -2.33. The van der Waals surface area contributed by atoms with Crippen LogP contribution in [-0.4, -0.2) is 41.8 Å². The van der Waals surface area contributed by atoms with Crippen LogP contribution in [0, 0.1) is 0 Å². The van der Waals surface area contributed by atoms with Crippen LogP contribution in [0.3, 0.4) is 0 Å². The molecular weight excluding hydrogens is 308 g/mol. The second-order valence-corrected chi connectivity index (χ2v) is 6.24. The average Bonchev–Trinajstić information content (AvgIpc) is 2.60. The largest absolute Gasteiger partial charge is 0.383 e. The van der Waals surface area contributed by atoms with E-state index in [-0.39, 0.29) is 5.91 Å². The summed E-state index contributed by atoms with van der Waals surface area (Å²) in [5, 5.41) is 0. The van der Waals surface area contributed by atoms with Crippen molar-refractivity contribution in [2.75, 3.05) is 26.0 Å². The van der Waals surface area contributed by atoms with E-state index in [1.54, 1.807) is 31.3 Å². The molecule has 0 unspecified atom stereocenters. The zero-order valence-corrected chi connectivity index (χ0v) is 14.2. The van der Waals surface area contributed by atoms with Gasteiger partial charge in [-0.2, -0.15) is 0 Å². The maximum atomic E-state index is 12.5. The van der Waals surface area contributed by atoms with Gasteiger partial charge in [0.15, 0.2) is 0 Å². The first-order valence-electron chi connectivity index (χ1n) is 7.63. The highest BCUT2D eigenvalue weighted by atomic mass is 32.2. The smallest absolute Gasteiger partial charge is 0.223 e. The summed E-state index contributed by atoms with van der Waals surface area (Å²) < 4.78 is 5.12. The molecule has 2 aromatic rings. The van der Waals surface area contributed by atoms with Gasteiger partial charge in [-0.25, -0.2) is 0 Å². The van der Waals surface area contributed by atoms with E-state index in [9.17, 15) is 4.79 Å². The first-order chi connectivity index (χ1) is 11.3. The van der Waals surface area contributed by atoms with Gasteiger partial charge in [-0.3, -0.25) is 9.78 Å². The Bertz CT molecular complexity index is 578. The lowest BCUT2D eigenvalue weighted by molar-refractivity contribution is -0.132. The van der Waals surface area contributed by atoms with Crippen molar-refractivity contribution in [3.8, 4) is 0 Å². The molecule has 0 N–H and O–H groups in total. The molecule has 0 aliphatic carbocycles. The monoisotopic (exact) mass is 330 g/mol. The van der Waals surface area contributed by atoms with E-state index in [0.29, 0.717) is 26.1 Å². The molecule has 0 fully saturated rings. The number of pyridine rings is 1. The van der Waals surface area contributed by atoms with Crippen LogP contribution in [0.5, 0.6) is 0 Å². The van der Waals surface area contributed by atoms with Gasteiger partial charge in [-0.1, -0.05) is 18.2 Å². The molecule has 1 aromatic heterocycles. The molecule has 23 heavy (non-hydrogen) atoms. The number of carbonyl (C=O) groups is 1. The van der Waals surface area contributed by atoms with Crippen molar-refractivity contribution in [2.45, 2.75) is 17.9 Å². The second-order valence-electron chi connectivity index (χ2n) is 5.08. The molecule has 0 radical (unpaired) electrons. The summed E-state index contributed by atoms with van der Waals surface area (Å²) in [4.78, 5) is 19.5. The minimum absolute atomic E-state index is 0.155. The Labute approximate surface area is 141 Å². The highest BCUT2D eigenvalue weighted by Crippen LogP contribution is 2.18. The van der Waals surface area contributed by atoms with Crippen LogP contribution in [0.2, 0.25) is 0 Å². The molecule has 122 valence electrons. The average molecular weight is 330 g/mol. The van der Waals surface area contributed by atoms with Crippen molar-refractivity contribution < 1.29 is 9.53 Å². The van der Waals surface area contributed by atoms with E-state index in [2.05, 4.69) is 17.1 Å². The molecule has 1 aromatic carbocycles. The summed E-state index contributed by atoms with van der Waals surface area (Å²) in [7, 11) is 1.65. The Kier molecular flexibility index (Phi) is 7.63. The first-order valence-corrected chi connectivity index (χ1v) is 8.61. The molecule has 5 heteroatoms. The third kappa shape index (κ3) is 6.42. The fraction of sp³-hybridized carbons (Fsp3) is 0.333. The molecule has 0 bridgehead atoms. The van der Waals surface area contributed by atoms with Crippen molar-refractivity contribution in [1.82, 2.24) is 9.88 Å². The first kappa shape index (κ1) is 17.5. The lowest BCUT2D eigenvalue weighted by Gasteiger charge is -2.22. The summed E-state index contributed by atoms with van der Waals surface area (Å²) in [5.41, 5.74) is 1.08. The number of carbonyl (C=O) groups excluding carboxylic acids is 1. The summed E-state index contributed by atoms with van der Waals surface area (Å²) in [6, 6.07) is 14.0. The van der Waals surface area contributed by atoms with Crippen molar-refractivity contribution >= 4 is 17.7 Å². The Morgan fingerprint density at radius 1 is 1.17 bits per heavy atom. The third-order valence-corrected chi connectivity index (χ3v) is 4.38. The van der Waals surface area contributed by atoms with E-state index in [1.807, 2.05) is 35.2 Å². The molecule has 0 atom stereocenters. The van der Waals surface area contributed by atoms with Crippen LogP contribution in [0.25, 0.3) is 0 Å². The summed E-state index contributed by atoms with van der Waals surface area (Å²) >= 11 is 1.71. The summed E-state index contributed by atoms with van der Waals surface area (Å²) in [6.07, 6.45) is 4.02. The lowest BCUT2D eigenvalue weighted by atomic mass is 10.2. The van der Waals surface area contributed by atoms with Crippen molar-refractivity contribution in [3.63, 3.8) is 0 Å². The number of amides is 1. The molecule has 1 amide bonds. The molecule has 0 saturated heterocycles. The second kappa shape index (κ2) is 10.0. The minimum Gasteiger partial charge on any atom is -0.383 e. The SMILES string of the molecule is COCCN(Cc1ccncc1)C(=O)CCSc1ccccc1. The quantitative estimate of drug-likeness (QED) is 0.662. The van der Waals surface area contributed by atoms with Gasteiger partial charge in [0.25, 0.3) is 0 Å². The number of ether oxygens (including phenoxy) is 1.